The molecule has 2 aromatic rings. The SMILES string of the molecule is C=CCOC(=O)[C@H](CCCNC(=O)OC(C)(C)C)CC(=O)OCC1c2ccccc2-c2ccccc21. The molecule has 36 heavy (non-hydrogen) atoms. The van der Waals surface area contributed by atoms with Crippen molar-refractivity contribution >= 4 is 18.0 Å². The topological polar surface area (TPSA) is 90.9 Å². The second-order valence-electron chi connectivity index (χ2n) is 9.80. The predicted octanol–water partition coefficient (Wildman–Crippen LogP) is 5.38. The smallest absolute Gasteiger partial charge is 0.407 e. The maximum atomic E-state index is 12.8. The lowest BCUT2D eigenvalue weighted by atomic mass is 9.97. The Morgan fingerprint density at radius 3 is 2.19 bits per heavy atom. The minimum Gasteiger partial charge on any atom is -0.465 e. The summed E-state index contributed by atoms with van der Waals surface area (Å²) in [7, 11) is 0. The van der Waals surface area contributed by atoms with E-state index in [1.807, 2.05) is 24.3 Å². The molecule has 3 rings (SSSR count). The van der Waals surface area contributed by atoms with E-state index in [9.17, 15) is 14.4 Å². The molecule has 1 atom stereocenters. The first-order valence-corrected chi connectivity index (χ1v) is 12.3. The van der Waals surface area contributed by atoms with Crippen LogP contribution in [-0.2, 0) is 23.8 Å². The van der Waals surface area contributed by atoms with Crippen LogP contribution in [0.4, 0.5) is 4.79 Å². The second kappa shape index (κ2) is 12.4. The maximum Gasteiger partial charge on any atom is 0.407 e. The molecule has 0 aromatic heterocycles. The number of hydrogen-bond acceptors (Lipinski definition) is 6. The Morgan fingerprint density at radius 2 is 1.61 bits per heavy atom. The third kappa shape index (κ3) is 7.44. The molecule has 0 spiro atoms. The summed E-state index contributed by atoms with van der Waals surface area (Å²) in [5, 5.41) is 2.67. The number of carbonyl (C=O) groups is 3. The van der Waals surface area contributed by atoms with Crippen LogP contribution in [0.3, 0.4) is 0 Å². The number of hydrogen-bond donors (Lipinski definition) is 1. The van der Waals surface area contributed by atoms with E-state index in [0.717, 1.165) is 22.3 Å². The van der Waals surface area contributed by atoms with Crippen molar-refractivity contribution in [1.29, 1.82) is 0 Å². The van der Waals surface area contributed by atoms with Crippen LogP contribution in [0.5, 0.6) is 0 Å². The molecule has 0 heterocycles. The Hall–Kier alpha value is -3.61. The summed E-state index contributed by atoms with van der Waals surface area (Å²) in [5.41, 5.74) is 3.96. The number of carbonyl (C=O) groups excluding carboxylic acids is 3. The predicted molar refractivity (Wildman–Crippen MR) is 137 cm³/mol. The van der Waals surface area contributed by atoms with Crippen molar-refractivity contribution in [2.75, 3.05) is 19.8 Å². The molecule has 2 aromatic carbocycles. The fourth-order valence-corrected chi connectivity index (χ4v) is 4.29. The quantitative estimate of drug-likeness (QED) is 0.196. The molecule has 1 aliphatic carbocycles. The lowest BCUT2D eigenvalue weighted by Crippen LogP contribution is -2.33. The molecule has 1 N–H and O–H groups in total. The number of esters is 2. The van der Waals surface area contributed by atoms with Crippen molar-refractivity contribution in [3.8, 4) is 11.1 Å². The highest BCUT2D eigenvalue weighted by Crippen LogP contribution is 2.44. The number of nitrogens with one attached hydrogen (secondary N) is 1. The molecule has 7 heteroatoms. The maximum absolute atomic E-state index is 12.8. The van der Waals surface area contributed by atoms with E-state index < -0.39 is 29.6 Å². The normalized spacial score (nSPS) is 13.2. The van der Waals surface area contributed by atoms with E-state index in [1.54, 1.807) is 20.8 Å². The van der Waals surface area contributed by atoms with Crippen molar-refractivity contribution in [2.24, 2.45) is 5.92 Å². The zero-order chi connectivity index (χ0) is 26.1. The second-order valence-corrected chi connectivity index (χ2v) is 9.80. The fraction of sp³-hybridized carbons (Fsp3) is 0.414. The van der Waals surface area contributed by atoms with Crippen LogP contribution in [0, 0.1) is 5.92 Å². The first-order chi connectivity index (χ1) is 17.2. The first kappa shape index (κ1) is 27.0. The number of amides is 1. The van der Waals surface area contributed by atoms with Crippen molar-refractivity contribution < 1.29 is 28.6 Å². The number of ether oxygens (including phenoxy) is 3. The Morgan fingerprint density at radius 1 is 1.00 bits per heavy atom. The Balaban J connectivity index is 1.56. The third-order valence-electron chi connectivity index (χ3n) is 5.86. The van der Waals surface area contributed by atoms with E-state index in [1.165, 1.54) is 6.08 Å². The van der Waals surface area contributed by atoms with Crippen molar-refractivity contribution in [3.05, 3.63) is 72.3 Å². The van der Waals surface area contributed by atoms with Crippen LogP contribution >= 0.6 is 0 Å². The van der Waals surface area contributed by atoms with E-state index in [0.29, 0.717) is 19.4 Å². The molecule has 0 aliphatic heterocycles. The van der Waals surface area contributed by atoms with Gasteiger partial charge >= 0.3 is 18.0 Å². The molecule has 0 bridgehead atoms. The molecular weight excluding hydrogens is 458 g/mol. The van der Waals surface area contributed by atoms with Gasteiger partial charge in [0, 0.05) is 12.5 Å². The number of fused-ring (bicyclic) bond motifs is 3. The van der Waals surface area contributed by atoms with E-state index >= 15 is 0 Å². The van der Waals surface area contributed by atoms with Gasteiger partial charge in [0.05, 0.1) is 12.3 Å². The average molecular weight is 494 g/mol. The van der Waals surface area contributed by atoms with E-state index in [4.69, 9.17) is 14.2 Å². The monoisotopic (exact) mass is 493 g/mol. The fourth-order valence-electron chi connectivity index (χ4n) is 4.29. The summed E-state index contributed by atoms with van der Waals surface area (Å²) < 4.78 is 16.1. The first-order valence-electron chi connectivity index (χ1n) is 12.3. The summed E-state index contributed by atoms with van der Waals surface area (Å²) in [4.78, 5) is 37.2. The van der Waals surface area contributed by atoms with Crippen molar-refractivity contribution in [2.45, 2.75) is 51.6 Å². The molecule has 0 saturated carbocycles. The molecular formula is C29H35NO6. The summed E-state index contributed by atoms with van der Waals surface area (Å²) >= 11 is 0. The summed E-state index contributed by atoms with van der Waals surface area (Å²) in [6.45, 7) is 9.48. The highest BCUT2D eigenvalue weighted by Gasteiger charge is 2.30. The zero-order valence-electron chi connectivity index (χ0n) is 21.3. The average Bonchev–Trinajstić information content (AvgIpc) is 3.15. The van der Waals surface area contributed by atoms with E-state index in [2.05, 4.69) is 36.2 Å². The van der Waals surface area contributed by atoms with Crippen LogP contribution in [0.2, 0.25) is 0 Å². The van der Waals surface area contributed by atoms with E-state index in [-0.39, 0.29) is 25.6 Å². The zero-order valence-corrected chi connectivity index (χ0v) is 21.3. The van der Waals surface area contributed by atoms with Crippen LogP contribution in [-0.4, -0.2) is 43.4 Å². The number of benzene rings is 2. The van der Waals surface area contributed by atoms with Gasteiger partial charge in [-0.25, -0.2) is 4.79 Å². The van der Waals surface area contributed by atoms with Crippen LogP contribution in [0.15, 0.2) is 61.2 Å². The molecule has 0 unspecified atom stereocenters. The van der Waals surface area contributed by atoms with Crippen molar-refractivity contribution in [3.63, 3.8) is 0 Å². The number of rotatable bonds is 11. The summed E-state index contributed by atoms with van der Waals surface area (Å²) in [6.07, 6.45) is 1.69. The molecule has 192 valence electrons. The van der Waals surface area contributed by atoms with Crippen LogP contribution in [0.1, 0.15) is 57.1 Å². The van der Waals surface area contributed by atoms with Gasteiger partial charge in [0.25, 0.3) is 0 Å². The Kier molecular flexibility index (Phi) is 9.28. The van der Waals surface area contributed by atoms with Gasteiger partial charge in [-0.05, 0) is 55.9 Å². The summed E-state index contributed by atoms with van der Waals surface area (Å²) in [5.74, 6) is -1.68. The third-order valence-corrected chi connectivity index (χ3v) is 5.86. The van der Waals surface area contributed by atoms with Gasteiger partial charge in [-0.15, -0.1) is 0 Å². The van der Waals surface area contributed by atoms with Crippen molar-refractivity contribution in [1.82, 2.24) is 5.32 Å². The molecule has 0 saturated heterocycles. The van der Waals surface area contributed by atoms with Crippen LogP contribution < -0.4 is 5.32 Å². The highest BCUT2D eigenvalue weighted by atomic mass is 16.6. The lowest BCUT2D eigenvalue weighted by Gasteiger charge is -2.20. The van der Waals surface area contributed by atoms with Gasteiger partial charge in [-0.3, -0.25) is 9.59 Å². The number of alkyl carbamates (subject to hydrolysis) is 1. The molecule has 0 fully saturated rings. The molecule has 0 radical (unpaired) electrons. The minimum absolute atomic E-state index is 0.0504. The van der Waals surface area contributed by atoms with Gasteiger partial charge in [-0.1, -0.05) is 61.2 Å². The van der Waals surface area contributed by atoms with Gasteiger partial charge in [0.15, 0.2) is 0 Å². The van der Waals surface area contributed by atoms with Gasteiger partial charge in [0.2, 0.25) is 0 Å². The lowest BCUT2D eigenvalue weighted by molar-refractivity contribution is -0.154. The van der Waals surface area contributed by atoms with Gasteiger partial charge in [0.1, 0.15) is 18.8 Å². The largest absolute Gasteiger partial charge is 0.465 e. The van der Waals surface area contributed by atoms with Crippen LogP contribution in [0.25, 0.3) is 11.1 Å². The van der Waals surface area contributed by atoms with Gasteiger partial charge < -0.3 is 19.5 Å². The summed E-state index contributed by atoms with van der Waals surface area (Å²) in [6, 6.07) is 16.2. The Labute approximate surface area is 212 Å². The molecule has 1 amide bonds. The molecule has 1 aliphatic rings. The molecule has 7 nitrogen and oxygen atoms in total. The minimum atomic E-state index is -0.680. The standard InChI is InChI=1S/C29H35NO6/c1-5-17-34-27(32)20(11-10-16-30-28(33)36-29(2,3)4)18-26(31)35-19-25-23-14-8-6-12-21(23)22-13-7-9-15-24(22)25/h5-9,12-15,20,25H,1,10-11,16-19H2,2-4H3,(H,30,33)/t20-/m1/s1. The highest BCUT2D eigenvalue weighted by molar-refractivity contribution is 5.81. The van der Waals surface area contributed by atoms with Gasteiger partial charge in [-0.2, -0.15) is 0 Å². The Bertz CT molecular complexity index is 1040.